The molecule has 0 saturated heterocycles. The first-order valence-corrected chi connectivity index (χ1v) is 10.9. The molecule has 0 aliphatic carbocycles. The second-order valence-corrected chi connectivity index (χ2v) is 8.02. The summed E-state index contributed by atoms with van der Waals surface area (Å²) in [5.41, 5.74) is 7.93. The third-order valence-electron chi connectivity index (χ3n) is 5.60. The molecule has 0 spiro atoms. The Balaban J connectivity index is 2.22. The zero-order valence-electron chi connectivity index (χ0n) is 19.5. The van der Waals surface area contributed by atoms with Gasteiger partial charge in [-0.15, -0.1) is 0 Å². The average molecular weight is 451 g/mol. The van der Waals surface area contributed by atoms with Crippen LogP contribution in [0.15, 0.2) is 52.1 Å². The number of rotatable bonds is 8. The highest BCUT2D eigenvalue weighted by Gasteiger charge is 2.27. The van der Waals surface area contributed by atoms with E-state index in [1.54, 1.807) is 19.2 Å². The maximum absolute atomic E-state index is 13.8. The highest BCUT2D eigenvalue weighted by Crippen LogP contribution is 2.27. The van der Waals surface area contributed by atoms with Crippen LogP contribution in [0.1, 0.15) is 46.8 Å². The zero-order valence-corrected chi connectivity index (χ0v) is 19.5. The number of unbranched alkanes of at least 4 members (excludes halogenated alkanes) is 1. The number of nitrogen functional groups attached to an aromatic ring is 1. The summed E-state index contributed by atoms with van der Waals surface area (Å²) in [6.07, 6.45) is 1.54. The van der Waals surface area contributed by atoms with Crippen molar-refractivity contribution < 1.29 is 9.53 Å². The standard InChI is InChI=1S/C25H30N4O4/c1-5-6-13-28-22(26)21(23(30)27-25(28)32)29(15-18-9-7-8-10-20(18)33-4)24(31)19-12-11-16(2)14-17(19)3/h7-12,14H,5-6,13,15,26H2,1-4H3,(H,27,30,32). The fourth-order valence-electron chi connectivity index (χ4n) is 3.83. The molecule has 0 radical (unpaired) electrons. The van der Waals surface area contributed by atoms with Gasteiger partial charge in [-0.25, -0.2) is 4.79 Å². The molecule has 3 rings (SSSR count). The predicted octanol–water partition coefficient (Wildman–Crippen LogP) is 3.39. The summed E-state index contributed by atoms with van der Waals surface area (Å²) in [4.78, 5) is 42.8. The van der Waals surface area contributed by atoms with Gasteiger partial charge in [0.15, 0.2) is 5.69 Å². The molecule has 33 heavy (non-hydrogen) atoms. The van der Waals surface area contributed by atoms with E-state index in [1.807, 2.05) is 51.1 Å². The largest absolute Gasteiger partial charge is 0.496 e. The number of amides is 1. The van der Waals surface area contributed by atoms with Crippen LogP contribution in [0.25, 0.3) is 0 Å². The number of aromatic nitrogens is 2. The second-order valence-electron chi connectivity index (χ2n) is 8.02. The van der Waals surface area contributed by atoms with Crippen LogP contribution in [0, 0.1) is 13.8 Å². The first-order chi connectivity index (χ1) is 15.8. The number of benzene rings is 2. The lowest BCUT2D eigenvalue weighted by Gasteiger charge is -2.26. The van der Waals surface area contributed by atoms with Crippen molar-refractivity contribution >= 4 is 17.4 Å². The molecular weight excluding hydrogens is 420 g/mol. The molecule has 3 N–H and O–H groups in total. The van der Waals surface area contributed by atoms with Crippen LogP contribution in [0.2, 0.25) is 0 Å². The Bertz CT molecular complexity index is 1280. The molecular formula is C25H30N4O4. The molecule has 0 fully saturated rings. The third-order valence-corrected chi connectivity index (χ3v) is 5.60. The highest BCUT2D eigenvalue weighted by atomic mass is 16.5. The Labute approximate surface area is 192 Å². The number of ether oxygens (including phenoxy) is 1. The maximum Gasteiger partial charge on any atom is 0.330 e. The molecule has 1 heterocycles. The van der Waals surface area contributed by atoms with Crippen molar-refractivity contribution in [3.63, 3.8) is 0 Å². The summed E-state index contributed by atoms with van der Waals surface area (Å²) in [7, 11) is 1.54. The normalized spacial score (nSPS) is 10.8. The Morgan fingerprint density at radius 3 is 2.55 bits per heavy atom. The average Bonchev–Trinajstić information content (AvgIpc) is 2.78. The number of para-hydroxylation sites is 1. The molecule has 2 aromatic carbocycles. The minimum Gasteiger partial charge on any atom is -0.496 e. The van der Waals surface area contributed by atoms with E-state index in [1.165, 1.54) is 9.47 Å². The van der Waals surface area contributed by atoms with Crippen LogP contribution in [0.4, 0.5) is 11.5 Å². The van der Waals surface area contributed by atoms with Gasteiger partial charge in [-0.1, -0.05) is 49.2 Å². The van der Waals surface area contributed by atoms with Crippen molar-refractivity contribution in [2.45, 2.75) is 46.7 Å². The minimum absolute atomic E-state index is 0.0368. The highest BCUT2D eigenvalue weighted by molar-refractivity contribution is 6.08. The van der Waals surface area contributed by atoms with Crippen molar-refractivity contribution in [2.75, 3.05) is 17.7 Å². The first-order valence-electron chi connectivity index (χ1n) is 10.9. The number of carbonyl (C=O) groups excluding carboxylic acids is 1. The summed E-state index contributed by atoms with van der Waals surface area (Å²) < 4.78 is 6.76. The Hall–Kier alpha value is -3.81. The number of anilines is 2. The summed E-state index contributed by atoms with van der Waals surface area (Å²) in [5.74, 6) is 0.145. The van der Waals surface area contributed by atoms with Gasteiger partial charge >= 0.3 is 5.69 Å². The van der Waals surface area contributed by atoms with Gasteiger partial charge in [0.25, 0.3) is 11.5 Å². The third kappa shape index (κ3) is 5.00. The van der Waals surface area contributed by atoms with Crippen molar-refractivity contribution in [3.05, 3.63) is 85.6 Å². The SMILES string of the molecule is CCCCn1c(N)c(N(Cc2ccccc2OC)C(=O)c2ccc(C)cc2C)c(=O)[nH]c1=O. The van der Waals surface area contributed by atoms with E-state index in [0.717, 1.165) is 17.5 Å². The lowest BCUT2D eigenvalue weighted by molar-refractivity contribution is 0.0984. The molecule has 0 unspecified atom stereocenters. The number of aryl methyl sites for hydroxylation is 2. The molecule has 1 amide bonds. The number of hydrogen-bond donors (Lipinski definition) is 2. The Morgan fingerprint density at radius 2 is 1.88 bits per heavy atom. The van der Waals surface area contributed by atoms with E-state index in [4.69, 9.17) is 10.5 Å². The number of aromatic amines is 1. The summed E-state index contributed by atoms with van der Waals surface area (Å²) in [5, 5.41) is 0. The molecule has 8 nitrogen and oxygen atoms in total. The van der Waals surface area contributed by atoms with Crippen molar-refractivity contribution in [3.8, 4) is 5.75 Å². The van der Waals surface area contributed by atoms with Crippen LogP contribution in [0.5, 0.6) is 5.75 Å². The van der Waals surface area contributed by atoms with E-state index in [0.29, 0.717) is 29.8 Å². The van der Waals surface area contributed by atoms with Gasteiger partial charge in [0.2, 0.25) is 0 Å². The van der Waals surface area contributed by atoms with E-state index >= 15 is 0 Å². The van der Waals surface area contributed by atoms with Crippen LogP contribution < -0.4 is 26.6 Å². The molecule has 0 aliphatic rings. The van der Waals surface area contributed by atoms with Gasteiger partial charge in [0.1, 0.15) is 11.6 Å². The number of hydrogen-bond acceptors (Lipinski definition) is 5. The van der Waals surface area contributed by atoms with Gasteiger partial charge in [0.05, 0.1) is 13.7 Å². The van der Waals surface area contributed by atoms with Crippen molar-refractivity contribution in [1.29, 1.82) is 0 Å². The molecule has 8 heteroatoms. The van der Waals surface area contributed by atoms with E-state index < -0.39 is 17.2 Å². The number of methoxy groups -OCH3 is 1. The predicted molar refractivity (Wildman–Crippen MR) is 130 cm³/mol. The summed E-state index contributed by atoms with van der Waals surface area (Å²) >= 11 is 0. The fraction of sp³-hybridized carbons (Fsp3) is 0.320. The number of nitrogens with zero attached hydrogens (tertiary/aromatic N) is 2. The zero-order chi connectivity index (χ0) is 24.1. The van der Waals surface area contributed by atoms with Crippen LogP contribution in [-0.2, 0) is 13.1 Å². The van der Waals surface area contributed by atoms with Gasteiger partial charge in [0, 0.05) is 17.7 Å². The van der Waals surface area contributed by atoms with Gasteiger partial charge < -0.3 is 10.5 Å². The van der Waals surface area contributed by atoms with Crippen LogP contribution in [0.3, 0.4) is 0 Å². The van der Waals surface area contributed by atoms with Gasteiger partial charge in [-0.05, 0) is 38.0 Å². The second kappa shape index (κ2) is 10.2. The maximum atomic E-state index is 13.8. The molecule has 174 valence electrons. The lowest BCUT2D eigenvalue weighted by atomic mass is 10.0. The fourth-order valence-corrected chi connectivity index (χ4v) is 3.83. The van der Waals surface area contributed by atoms with E-state index in [9.17, 15) is 14.4 Å². The number of carbonyl (C=O) groups is 1. The smallest absolute Gasteiger partial charge is 0.330 e. The monoisotopic (exact) mass is 450 g/mol. The van der Waals surface area contributed by atoms with Gasteiger partial charge in [-0.2, -0.15) is 0 Å². The molecule has 3 aromatic rings. The minimum atomic E-state index is -0.710. The molecule has 0 atom stereocenters. The Kier molecular flexibility index (Phi) is 7.37. The number of H-pyrrole nitrogens is 1. The molecule has 0 saturated carbocycles. The van der Waals surface area contributed by atoms with Crippen LogP contribution >= 0.6 is 0 Å². The topological polar surface area (TPSA) is 110 Å². The van der Waals surface area contributed by atoms with E-state index in [2.05, 4.69) is 4.98 Å². The molecule has 0 bridgehead atoms. The molecule has 0 aliphatic heterocycles. The Morgan fingerprint density at radius 1 is 1.15 bits per heavy atom. The number of nitrogens with two attached hydrogens (primary N) is 1. The van der Waals surface area contributed by atoms with E-state index in [-0.39, 0.29) is 18.1 Å². The quantitative estimate of drug-likeness (QED) is 0.547. The summed E-state index contributed by atoms with van der Waals surface area (Å²) in [6.45, 7) is 6.16. The lowest BCUT2D eigenvalue weighted by Crippen LogP contribution is -2.41. The first kappa shape index (κ1) is 23.8. The van der Waals surface area contributed by atoms with Gasteiger partial charge in [-0.3, -0.25) is 24.0 Å². The summed E-state index contributed by atoms with van der Waals surface area (Å²) in [6, 6.07) is 12.7. The van der Waals surface area contributed by atoms with Crippen molar-refractivity contribution in [1.82, 2.24) is 9.55 Å². The van der Waals surface area contributed by atoms with Crippen LogP contribution in [-0.4, -0.2) is 22.6 Å². The van der Waals surface area contributed by atoms with Crippen molar-refractivity contribution in [2.24, 2.45) is 0 Å². The molecule has 1 aromatic heterocycles. The number of nitrogens with one attached hydrogen (secondary N) is 1.